The van der Waals surface area contributed by atoms with Gasteiger partial charge in [-0.3, -0.25) is 111 Å². The lowest BCUT2D eigenvalue weighted by molar-refractivity contribution is -0.152. The molecule has 2 fully saturated rings. The van der Waals surface area contributed by atoms with Crippen LogP contribution in [0.3, 0.4) is 0 Å². The number of aldehydes is 1. The van der Waals surface area contributed by atoms with Crippen molar-refractivity contribution in [1.29, 1.82) is 0 Å². The van der Waals surface area contributed by atoms with Crippen LogP contribution in [0.1, 0.15) is 270 Å². The monoisotopic (exact) mass is 2000 g/mol. The molecule has 21 N–H and O–H groups in total. The van der Waals surface area contributed by atoms with E-state index in [2.05, 4.69) is 79.8 Å². The second-order valence-corrected chi connectivity index (χ2v) is 40.6. The minimum Gasteiger partial charge on any atom is -0.481 e. The number of carboxylic acids is 2. The van der Waals surface area contributed by atoms with Crippen LogP contribution in [0.15, 0.2) is 0 Å². The molecule has 141 heavy (non-hydrogen) atoms. The Kier molecular flexibility index (Phi) is 53.1. The zero-order chi connectivity index (χ0) is 108. The molecule has 0 saturated carbocycles. The number of amides is 20. The molecule has 20 amide bonds. The van der Waals surface area contributed by atoms with Crippen molar-refractivity contribution in [3.8, 4) is 0 Å². The highest BCUT2D eigenvalue weighted by atomic mass is 16.4. The number of carbonyl (C=O) groups excluding carboxylic acids is 21. The van der Waals surface area contributed by atoms with Gasteiger partial charge in [-0.2, -0.15) is 0 Å². The first kappa shape index (κ1) is 125. The first-order valence-corrected chi connectivity index (χ1v) is 49.0. The number of carbonyl (C=O) groups is 23. The van der Waals surface area contributed by atoms with Crippen molar-refractivity contribution >= 4 is 136 Å². The number of aliphatic hydroxyl groups is 1. The van der Waals surface area contributed by atoms with Gasteiger partial charge < -0.3 is 120 Å². The number of nitrogens with one attached hydrogen (secondary N) is 16. The Morgan fingerprint density at radius 1 is 0.355 bits per heavy atom. The van der Waals surface area contributed by atoms with Gasteiger partial charge in [-0.05, 0) is 172 Å². The van der Waals surface area contributed by atoms with Crippen LogP contribution in [0.2, 0.25) is 0 Å². The number of aliphatic carboxylic acids is 2. The largest absolute Gasteiger partial charge is 0.481 e. The summed E-state index contributed by atoms with van der Waals surface area (Å²) in [7, 11) is 0. The predicted octanol–water partition coefficient (Wildman–Crippen LogP) is -1.53. The van der Waals surface area contributed by atoms with Gasteiger partial charge in [0, 0.05) is 26.4 Å². The van der Waals surface area contributed by atoms with Gasteiger partial charge in [-0.1, -0.05) is 131 Å². The highest BCUT2D eigenvalue weighted by molar-refractivity contribution is 6.05. The van der Waals surface area contributed by atoms with Crippen LogP contribution in [0, 0.1) is 53.3 Å². The standard InChI is InChI=1S/C95H162N20O26/c1-27-52(18)75(92(138)102-62(32-33-71(119)120)82(128)112-93(139)76(59(25)117)115(60(26)118)61(43-116)42-72(121)122)111-89(135)70-31-28-34-113(70)94(140)58(24)101-84(130)64(37-45(4)5)106-85(131)65(38-46(6)7)103-78(124)54(20)98-83(129)63(36-44(2)3)105-86(132)67(40-48(10)11)107-91(137)74(51(16)17)110-81(127)57(23)99-88(134)69-30-29-35-114(69)95(141)68(41-49(12)13)108-87(133)66(39-47(8)9)104-79(125)55(21)100-90(136)73(50(14)15)109-80(126)56(22)97-77(123)53(19)96/h43-59,61-70,73-76,117H,27-42,96H2,1-26H3,(H,97,123)(H,98,129)(H,99,134)(H,100,136)(H,101,130)(H,102,138)(H,103,124)(H,104,125)(H,105,132)(H,106,131)(H,107,137)(H,108,133)(H,109,126)(H,110,127)(H,111,135)(H,119,120)(H,121,122)(H,112,128,139)/t52-,53-,54-,55-,56-,57-,58-,59+,61-,62-,63-,64-,65-,66-,67-,68-,69-,70-,73-,74-,75-,76-/m0/s1. The Bertz CT molecular complexity index is 4350. The molecule has 46 nitrogen and oxygen atoms in total. The maximum atomic E-state index is 14.7. The van der Waals surface area contributed by atoms with Gasteiger partial charge in [0.2, 0.25) is 112 Å². The lowest BCUT2D eigenvalue weighted by atomic mass is 9.97. The van der Waals surface area contributed by atoms with Crippen molar-refractivity contribution in [2.45, 2.75) is 397 Å². The second kappa shape index (κ2) is 59.8. The van der Waals surface area contributed by atoms with E-state index in [-0.39, 0.29) is 119 Å². The molecule has 0 aromatic carbocycles. The molecular weight excluding hydrogens is 1840 g/mol. The van der Waals surface area contributed by atoms with E-state index in [0.717, 1.165) is 13.8 Å². The average molecular weight is 2000 g/mol. The van der Waals surface area contributed by atoms with Crippen LogP contribution < -0.4 is 90.8 Å². The van der Waals surface area contributed by atoms with Gasteiger partial charge in [0.25, 0.3) is 5.91 Å². The maximum Gasteiger partial charge on any atom is 0.305 e. The second-order valence-electron chi connectivity index (χ2n) is 40.6. The zero-order valence-electron chi connectivity index (χ0n) is 86.9. The summed E-state index contributed by atoms with van der Waals surface area (Å²) in [5.41, 5.74) is 5.63. The van der Waals surface area contributed by atoms with Gasteiger partial charge in [0.1, 0.15) is 115 Å². The summed E-state index contributed by atoms with van der Waals surface area (Å²) < 4.78 is 0. The van der Waals surface area contributed by atoms with Crippen molar-refractivity contribution in [3.63, 3.8) is 0 Å². The molecular formula is C95H162N20O26. The summed E-state index contributed by atoms with van der Waals surface area (Å²) >= 11 is 0. The van der Waals surface area contributed by atoms with Crippen molar-refractivity contribution in [2.24, 2.45) is 59.0 Å². The molecule has 2 saturated heterocycles. The lowest BCUT2D eigenvalue weighted by Crippen LogP contribution is -2.62. The van der Waals surface area contributed by atoms with E-state index in [9.17, 15) is 126 Å². The molecule has 2 aliphatic heterocycles. The predicted molar refractivity (Wildman–Crippen MR) is 516 cm³/mol. The Morgan fingerprint density at radius 3 is 1.02 bits per heavy atom. The van der Waals surface area contributed by atoms with E-state index in [1.165, 1.54) is 51.3 Å². The van der Waals surface area contributed by atoms with Crippen LogP contribution in [0.5, 0.6) is 0 Å². The molecule has 2 heterocycles. The summed E-state index contributed by atoms with van der Waals surface area (Å²) in [5.74, 6) is -23.2. The third-order valence-corrected chi connectivity index (χ3v) is 24.0. The highest BCUT2D eigenvalue weighted by Crippen LogP contribution is 2.25. The number of hydrogen-bond acceptors (Lipinski definition) is 25. The Morgan fingerprint density at radius 2 is 0.667 bits per heavy atom. The molecule has 0 spiro atoms. The minimum absolute atomic E-state index is 0.00268. The van der Waals surface area contributed by atoms with E-state index >= 15 is 0 Å². The van der Waals surface area contributed by atoms with Gasteiger partial charge in [0.15, 0.2) is 0 Å². The van der Waals surface area contributed by atoms with E-state index in [1.54, 1.807) is 96.9 Å². The van der Waals surface area contributed by atoms with E-state index in [1.807, 2.05) is 33.0 Å². The molecule has 0 unspecified atom stereocenters. The number of imide groups is 1. The van der Waals surface area contributed by atoms with Crippen LogP contribution in [-0.2, 0) is 110 Å². The van der Waals surface area contributed by atoms with Gasteiger partial charge in [-0.15, -0.1) is 0 Å². The first-order chi connectivity index (χ1) is 65.4. The fraction of sp³-hybridized carbons (Fsp3) is 0.758. The smallest absolute Gasteiger partial charge is 0.305 e. The van der Waals surface area contributed by atoms with Crippen LogP contribution >= 0.6 is 0 Å². The van der Waals surface area contributed by atoms with Crippen molar-refractivity contribution in [3.05, 3.63) is 0 Å². The minimum atomic E-state index is -2.05. The van der Waals surface area contributed by atoms with Gasteiger partial charge >= 0.3 is 11.9 Å². The SMILES string of the molecule is CC[C@H](C)[C@H](NC(=O)[C@@H]1CCCN1C(=O)[C@H](C)NC(=O)[C@H](CC(C)C)NC(=O)[C@H](CC(C)C)NC(=O)[C@H](C)NC(=O)[C@H](CC(C)C)NC(=O)[C@H](CC(C)C)NC(=O)[C@@H](NC(=O)[C@H](C)NC(=O)[C@@H]1CCCN1C(=O)[C@H](CC(C)C)NC(=O)[C@H](CC(C)C)NC(=O)[C@H](C)NC(=O)[C@@H](NC(=O)[C@H](C)NC(=O)[C@H](C)N)C(C)C)C(C)C)C(=O)N[C@@H](CCC(=O)O)C(=O)NC(=O)[C@H]([C@@H](C)O)N(C(C)=O)[C@H](C=O)CC(=O)O. The fourth-order valence-corrected chi connectivity index (χ4v) is 16.1. The van der Waals surface area contributed by atoms with Crippen molar-refractivity contribution < 1.29 is 126 Å². The maximum absolute atomic E-state index is 14.7. The quantitative estimate of drug-likeness (QED) is 0.0307. The first-order valence-electron chi connectivity index (χ1n) is 49.0. The molecule has 0 aliphatic carbocycles. The van der Waals surface area contributed by atoms with Crippen LogP contribution in [0.25, 0.3) is 0 Å². The summed E-state index contributed by atoms with van der Waals surface area (Å²) in [6, 6.07) is -27.0. The summed E-state index contributed by atoms with van der Waals surface area (Å²) in [5, 5.41) is 71.2. The van der Waals surface area contributed by atoms with Crippen LogP contribution in [-0.4, -0.2) is 306 Å². The number of nitrogens with zero attached hydrogens (tertiary/aromatic N) is 3. The van der Waals surface area contributed by atoms with E-state index in [4.69, 9.17) is 5.73 Å². The van der Waals surface area contributed by atoms with E-state index in [0.29, 0.717) is 11.3 Å². The highest BCUT2D eigenvalue weighted by Gasteiger charge is 2.46. The third-order valence-electron chi connectivity index (χ3n) is 24.0. The average Bonchev–Trinajstić information content (AvgIpc) is 1.65. The van der Waals surface area contributed by atoms with Crippen molar-refractivity contribution in [1.82, 2.24) is 99.8 Å². The molecule has 798 valence electrons. The lowest BCUT2D eigenvalue weighted by Gasteiger charge is -2.35. The summed E-state index contributed by atoms with van der Waals surface area (Å²) in [6.07, 6.45) is -2.84. The molecule has 0 aromatic heterocycles. The molecule has 2 aliphatic rings. The summed E-state index contributed by atoms with van der Waals surface area (Å²) in [6.45, 7) is 41.6. The molecule has 0 aromatic rings. The molecule has 0 radical (unpaired) electrons. The number of rotatable bonds is 59. The molecule has 46 heteroatoms. The number of nitrogens with two attached hydrogens (primary N) is 1. The van der Waals surface area contributed by atoms with E-state index < -0.39 is 294 Å². The summed E-state index contributed by atoms with van der Waals surface area (Å²) in [4.78, 5) is 318. The number of aliphatic hydroxyl groups excluding tert-OH is 1. The van der Waals surface area contributed by atoms with Gasteiger partial charge in [0.05, 0.1) is 24.6 Å². The van der Waals surface area contributed by atoms with Gasteiger partial charge in [-0.25, -0.2) is 0 Å². The van der Waals surface area contributed by atoms with Crippen LogP contribution in [0.4, 0.5) is 0 Å². The Balaban J connectivity index is 2.31. The third kappa shape index (κ3) is 41.7. The molecule has 0 bridgehead atoms. The topological polar surface area (TPSA) is 682 Å². The number of hydrogen-bond donors (Lipinski definition) is 20. The Hall–Kier alpha value is -11.9. The fourth-order valence-electron chi connectivity index (χ4n) is 16.1. The molecule has 2 rings (SSSR count). The normalized spacial score (nSPS) is 18.0. The Labute approximate surface area is 827 Å². The zero-order valence-corrected chi connectivity index (χ0v) is 86.9. The number of likely N-dealkylation sites (tertiary alicyclic amines) is 2. The molecule has 22 atom stereocenters. The number of carboxylic acid groups (broad SMARTS) is 2. The van der Waals surface area contributed by atoms with Crippen molar-refractivity contribution in [2.75, 3.05) is 13.1 Å².